The maximum Gasteiger partial charge on any atom is 0.124 e. The maximum absolute atomic E-state index is 13.3. The van der Waals surface area contributed by atoms with Crippen molar-refractivity contribution in [3.05, 3.63) is 35.1 Å². The standard InChI is InChI=1S/C14H14FN3/c15-14-6-12(9-17)5-13(7-14)10-18-3-1-11(8-16)2-4-18/h5-7,11H,1-4,10H2. The van der Waals surface area contributed by atoms with Crippen molar-refractivity contribution in [3.63, 3.8) is 0 Å². The van der Waals surface area contributed by atoms with Crippen molar-refractivity contribution in [3.8, 4) is 12.1 Å². The number of rotatable bonds is 2. The highest BCUT2D eigenvalue weighted by molar-refractivity contribution is 5.33. The average molecular weight is 243 g/mol. The van der Waals surface area contributed by atoms with E-state index in [1.54, 1.807) is 6.07 Å². The molecule has 0 saturated carbocycles. The van der Waals surface area contributed by atoms with E-state index in [9.17, 15) is 4.39 Å². The smallest absolute Gasteiger partial charge is 0.124 e. The molecule has 92 valence electrons. The molecule has 1 aromatic rings. The number of nitrogens with zero attached hydrogens (tertiary/aromatic N) is 3. The van der Waals surface area contributed by atoms with E-state index < -0.39 is 0 Å². The predicted octanol–water partition coefficient (Wildman–Crippen LogP) is 2.43. The van der Waals surface area contributed by atoms with Gasteiger partial charge in [0, 0.05) is 12.5 Å². The van der Waals surface area contributed by atoms with Crippen molar-refractivity contribution in [2.75, 3.05) is 13.1 Å². The Hall–Kier alpha value is -1.91. The molecule has 0 aromatic heterocycles. The molecular formula is C14H14FN3. The third kappa shape index (κ3) is 3.06. The molecule has 0 bridgehead atoms. The summed E-state index contributed by atoms with van der Waals surface area (Å²) in [6, 6.07) is 8.68. The second kappa shape index (κ2) is 5.62. The molecule has 1 fully saturated rings. The summed E-state index contributed by atoms with van der Waals surface area (Å²) in [6.45, 7) is 2.36. The molecule has 3 nitrogen and oxygen atoms in total. The zero-order valence-electron chi connectivity index (χ0n) is 10.1. The summed E-state index contributed by atoms with van der Waals surface area (Å²) >= 11 is 0. The maximum atomic E-state index is 13.3. The first-order valence-corrected chi connectivity index (χ1v) is 6.03. The zero-order chi connectivity index (χ0) is 13.0. The van der Waals surface area contributed by atoms with E-state index in [0.717, 1.165) is 31.5 Å². The van der Waals surface area contributed by atoms with Gasteiger partial charge in [-0.1, -0.05) is 0 Å². The van der Waals surface area contributed by atoms with Gasteiger partial charge in [0.15, 0.2) is 0 Å². The van der Waals surface area contributed by atoms with Crippen LogP contribution in [0.25, 0.3) is 0 Å². The Labute approximate surface area is 106 Å². The van der Waals surface area contributed by atoms with Crippen LogP contribution in [-0.4, -0.2) is 18.0 Å². The summed E-state index contributed by atoms with van der Waals surface area (Å²) < 4.78 is 13.3. The van der Waals surface area contributed by atoms with Gasteiger partial charge < -0.3 is 0 Å². The molecule has 0 unspecified atom stereocenters. The highest BCUT2D eigenvalue weighted by Gasteiger charge is 2.18. The summed E-state index contributed by atoms with van der Waals surface area (Å²) in [4.78, 5) is 2.20. The predicted molar refractivity (Wildman–Crippen MR) is 64.7 cm³/mol. The SMILES string of the molecule is N#Cc1cc(F)cc(CN2CCC(C#N)CC2)c1. The van der Waals surface area contributed by atoms with Gasteiger partial charge in [-0.15, -0.1) is 0 Å². The van der Waals surface area contributed by atoms with Gasteiger partial charge in [0.1, 0.15) is 5.82 Å². The van der Waals surface area contributed by atoms with Crippen molar-refractivity contribution in [2.45, 2.75) is 19.4 Å². The fourth-order valence-corrected chi connectivity index (χ4v) is 2.28. The van der Waals surface area contributed by atoms with Crippen molar-refractivity contribution in [2.24, 2.45) is 5.92 Å². The van der Waals surface area contributed by atoms with Gasteiger partial charge in [-0.2, -0.15) is 10.5 Å². The quantitative estimate of drug-likeness (QED) is 0.801. The van der Waals surface area contributed by atoms with Crippen LogP contribution in [0.1, 0.15) is 24.0 Å². The van der Waals surface area contributed by atoms with Crippen LogP contribution in [0.2, 0.25) is 0 Å². The van der Waals surface area contributed by atoms with Crippen LogP contribution in [0.5, 0.6) is 0 Å². The van der Waals surface area contributed by atoms with Crippen LogP contribution < -0.4 is 0 Å². The van der Waals surface area contributed by atoms with Gasteiger partial charge in [0.05, 0.1) is 17.7 Å². The van der Waals surface area contributed by atoms with E-state index in [4.69, 9.17) is 10.5 Å². The lowest BCUT2D eigenvalue weighted by molar-refractivity contribution is 0.198. The van der Waals surface area contributed by atoms with Crippen molar-refractivity contribution < 1.29 is 4.39 Å². The average Bonchev–Trinajstić information content (AvgIpc) is 2.39. The van der Waals surface area contributed by atoms with Gasteiger partial charge in [0.25, 0.3) is 0 Å². The van der Waals surface area contributed by atoms with Gasteiger partial charge in [-0.05, 0) is 49.7 Å². The van der Waals surface area contributed by atoms with Crippen LogP contribution in [0.3, 0.4) is 0 Å². The summed E-state index contributed by atoms with van der Waals surface area (Å²) in [5, 5.41) is 17.6. The Balaban J connectivity index is 2.01. The van der Waals surface area contributed by atoms with E-state index in [0.29, 0.717) is 12.1 Å². The minimum absolute atomic E-state index is 0.156. The molecule has 18 heavy (non-hydrogen) atoms. The summed E-state index contributed by atoms with van der Waals surface area (Å²) in [5.74, 6) is -0.209. The first-order chi connectivity index (χ1) is 8.71. The molecule has 0 radical (unpaired) electrons. The van der Waals surface area contributed by atoms with Crippen LogP contribution in [0, 0.1) is 34.4 Å². The number of piperidine rings is 1. The van der Waals surface area contributed by atoms with E-state index in [1.807, 2.05) is 6.07 Å². The largest absolute Gasteiger partial charge is 0.299 e. The molecule has 2 rings (SSSR count). The van der Waals surface area contributed by atoms with E-state index in [2.05, 4.69) is 11.0 Å². The lowest BCUT2D eigenvalue weighted by atomic mass is 9.98. The molecule has 0 N–H and O–H groups in total. The Bertz CT molecular complexity index is 505. The topological polar surface area (TPSA) is 50.8 Å². The molecular weight excluding hydrogens is 229 g/mol. The fourth-order valence-electron chi connectivity index (χ4n) is 2.28. The first-order valence-electron chi connectivity index (χ1n) is 6.03. The van der Waals surface area contributed by atoms with E-state index >= 15 is 0 Å². The highest BCUT2D eigenvalue weighted by Crippen LogP contribution is 2.19. The van der Waals surface area contributed by atoms with Crippen LogP contribution in [-0.2, 0) is 6.54 Å². The summed E-state index contributed by atoms with van der Waals surface area (Å²) in [5.41, 5.74) is 1.18. The normalized spacial score (nSPS) is 17.1. The number of nitriles is 2. The van der Waals surface area contributed by atoms with E-state index in [-0.39, 0.29) is 11.7 Å². The molecule has 0 spiro atoms. The number of hydrogen-bond donors (Lipinski definition) is 0. The third-order valence-electron chi connectivity index (χ3n) is 3.26. The van der Waals surface area contributed by atoms with Crippen LogP contribution in [0.15, 0.2) is 18.2 Å². The van der Waals surface area contributed by atoms with E-state index in [1.165, 1.54) is 12.1 Å². The Morgan fingerprint density at radius 3 is 2.56 bits per heavy atom. The van der Waals surface area contributed by atoms with Gasteiger partial charge in [-0.25, -0.2) is 4.39 Å². The fraction of sp³-hybridized carbons (Fsp3) is 0.429. The number of likely N-dealkylation sites (tertiary alicyclic amines) is 1. The van der Waals surface area contributed by atoms with Gasteiger partial charge >= 0.3 is 0 Å². The lowest BCUT2D eigenvalue weighted by Crippen LogP contribution is -2.32. The molecule has 1 aliphatic rings. The van der Waals surface area contributed by atoms with Crippen LogP contribution in [0.4, 0.5) is 4.39 Å². The second-order valence-electron chi connectivity index (χ2n) is 4.64. The molecule has 0 amide bonds. The van der Waals surface area contributed by atoms with Crippen molar-refractivity contribution in [1.82, 2.24) is 4.90 Å². The van der Waals surface area contributed by atoms with Gasteiger partial charge in [0.2, 0.25) is 0 Å². The minimum atomic E-state index is -0.365. The summed E-state index contributed by atoms with van der Waals surface area (Å²) in [6.07, 6.45) is 1.74. The second-order valence-corrected chi connectivity index (χ2v) is 4.64. The summed E-state index contributed by atoms with van der Waals surface area (Å²) in [7, 11) is 0. The minimum Gasteiger partial charge on any atom is -0.299 e. The molecule has 1 saturated heterocycles. The lowest BCUT2D eigenvalue weighted by Gasteiger charge is -2.29. The highest BCUT2D eigenvalue weighted by atomic mass is 19.1. The Morgan fingerprint density at radius 2 is 1.94 bits per heavy atom. The van der Waals surface area contributed by atoms with Gasteiger partial charge in [-0.3, -0.25) is 4.90 Å². The number of benzene rings is 1. The first kappa shape index (κ1) is 12.5. The Morgan fingerprint density at radius 1 is 1.22 bits per heavy atom. The molecule has 0 aliphatic carbocycles. The molecule has 4 heteroatoms. The molecule has 1 heterocycles. The molecule has 1 aliphatic heterocycles. The Kier molecular flexibility index (Phi) is 3.92. The molecule has 1 aromatic carbocycles. The zero-order valence-corrected chi connectivity index (χ0v) is 10.1. The monoisotopic (exact) mass is 243 g/mol. The number of hydrogen-bond acceptors (Lipinski definition) is 3. The number of halogens is 1. The van der Waals surface area contributed by atoms with Crippen molar-refractivity contribution >= 4 is 0 Å². The van der Waals surface area contributed by atoms with Crippen LogP contribution >= 0.6 is 0 Å². The molecule has 0 atom stereocenters. The third-order valence-corrected chi connectivity index (χ3v) is 3.26. The van der Waals surface area contributed by atoms with Crippen molar-refractivity contribution in [1.29, 1.82) is 10.5 Å².